The van der Waals surface area contributed by atoms with E-state index in [1.54, 1.807) is 11.3 Å². The topological polar surface area (TPSA) is 87.4 Å². The van der Waals surface area contributed by atoms with Crippen LogP contribution in [0, 0.1) is 0 Å². The molecule has 0 aliphatic heterocycles. The van der Waals surface area contributed by atoms with Crippen molar-refractivity contribution in [3.05, 3.63) is 29.5 Å². The summed E-state index contributed by atoms with van der Waals surface area (Å²) < 4.78 is 5.36. The second-order valence-electron chi connectivity index (χ2n) is 4.36. The zero-order valence-electron chi connectivity index (χ0n) is 11.1. The summed E-state index contributed by atoms with van der Waals surface area (Å²) in [5.41, 5.74) is 0.665. The molecule has 0 saturated carbocycles. The number of carbonyl (C=O) groups is 1. The second kappa shape index (κ2) is 7.06. The summed E-state index contributed by atoms with van der Waals surface area (Å²) in [7, 11) is 0. The fourth-order valence-electron chi connectivity index (χ4n) is 1.61. The Balaban J connectivity index is 1.81. The Morgan fingerprint density at radius 3 is 3.15 bits per heavy atom. The number of urea groups is 1. The number of aromatic nitrogens is 1. The van der Waals surface area contributed by atoms with Crippen molar-refractivity contribution < 1.29 is 14.3 Å². The molecular weight excluding hydrogens is 278 g/mol. The van der Waals surface area contributed by atoms with Gasteiger partial charge < -0.3 is 20.2 Å². The summed E-state index contributed by atoms with van der Waals surface area (Å²) in [5.74, 6) is 0.561. The maximum atomic E-state index is 11.6. The molecule has 1 atom stereocenters. The molecule has 20 heavy (non-hydrogen) atoms. The molecule has 0 saturated heterocycles. The van der Waals surface area contributed by atoms with E-state index in [4.69, 9.17) is 9.52 Å². The molecule has 2 aromatic rings. The number of hydrogen-bond acceptors (Lipinski definition) is 5. The lowest BCUT2D eigenvalue weighted by atomic mass is 10.2. The molecule has 0 fully saturated rings. The molecule has 0 spiro atoms. The normalized spacial score (nSPS) is 12.1. The summed E-state index contributed by atoms with van der Waals surface area (Å²) in [4.78, 5) is 16.8. The molecule has 0 aliphatic carbocycles. The first kappa shape index (κ1) is 14.5. The third-order valence-corrected chi connectivity index (χ3v) is 3.51. The van der Waals surface area contributed by atoms with Gasteiger partial charge in [0, 0.05) is 12.6 Å². The van der Waals surface area contributed by atoms with Crippen molar-refractivity contribution in [1.29, 1.82) is 0 Å². The van der Waals surface area contributed by atoms with Crippen molar-refractivity contribution in [2.24, 2.45) is 0 Å². The van der Waals surface area contributed by atoms with E-state index in [9.17, 15) is 4.79 Å². The highest BCUT2D eigenvalue weighted by Crippen LogP contribution is 2.23. The zero-order chi connectivity index (χ0) is 14.4. The van der Waals surface area contributed by atoms with Crippen LogP contribution in [0.25, 0.3) is 10.8 Å². The predicted molar refractivity (Wildman–Crippen MR) is 76.4 cm³/mol. The average Bonchev–Trinajstić information content (AvgIpc) is 3.07. The zero-order valence-corrected chi connectivity index (χ0v) is 11.9. The minimum atomic E-state index is -0.286. The highest BCUT2D eigenvalue weighted by atomic mass is 32.1. The standard InChI is InChI=1S/C13H17N3O3S/c1-9(4-5-17)15-13(18)14-7-10-8-19-12(16-10)11-3-2-6-20-11/h2-3,6,8-9,17H,4-5,7H2,1H3,(H2,14,15,18)/t9-/m1/s1. The van der Waals surface area contributed by atoms with E-state index in [2.05, 4.69) is 15.6 Å². The fraction of sp³-hybridized carbons (Fsp3) is 0.385. The number of aliphatic hydroxyl groups excluding tert-OH is 1. The quantitative estimate of drug-likeness (QED) is 0.760. The van der Waals surface area contributed by atoms with Crippen LogP contribution in [0.4, 0.5) is 4.79 Å². The van der Waals surface area contributed by atoms with E-state index in [0.717, 1.165) is 4.88 Å². The monoisotopic (exact) mass is 295 g/mol. The van der Waals surface area contributed by atoms with Gasteiger partial charge in [-0.05, 0) is 24.8 Å². The van der Waals surface area contributed by atoms with E-state index >= 15 is 0 Å². The van der Waals surface area contributed by atoms with Gasteiger partial charge in [0.2, 0.25) is 5.89 Å². The van der Waals surface area contributed by atoms with E-state index in [-0.39, 0.29) is 18.7 Å². The van der Waals surface area contributed by atoms with Crippen LogP contribution in [0.15, 0.2) is 28.2 Å². The first-order valence-electron chi connectivity index (χ1n) is 6.32. The molecule has 0 unspecified atom stereocenters. The molecule has 3 N–H and O–H groups in total. The third-order valence-electron chi connectivity index (χ3n) is 2.65. The number of carbonyl (C=O) groups excluding carboxylic acids is 1. The van der Waals surface area contributed by atoms with Crippen LogP contribution in [0.3, 0.4) is 0 Å². The molecule has 2 amide bonds. The Labute approximate surface area is 120 Å². The molecule has 2 aromatic heterocycles. The molecule has 0 aliphatic rings. The van der Waals surface area contributed by atoms with Crippen LogP contribution in [0.5, 0.6) is 0 Å². The van der Waals surface area contributed by atoms with Crippen molar-refractivity contribution in [3.8, 4) is 10.8 Å². The minimum Gasteiger partial charge on any atom is -0.443 e. The van der Waals surface area contributed by atoms with Gasteiger partial charge in [-0.2, -0.15) is 0 Å². The van der Waals surface area contributed by atoms with Gasteiger partial charge >= 0.3 is 6.03 Å². The van der Waals surface area contributed by atoms with Crippen LogP contribution in [-0.4, -0.2) is 28.8 Å². The Bertz CT molecular complexity index is 539. The number of oxazole rings is 1. The third kappa shape index (κ3) is 4.07. The van der Waals surface area contributed by atoms with Gasteiger partial charge in [0.25, 0.3) is 0 Å². The molecule has 2 heterocycles. The van der Waals surface area contributed by atoms with Crippen molar-refractivity contribution in [2.75, 3.05) is 6.61 Å². The molecule has 0 bridgehead atoms. The Morgan fingerprint density at radius 1 is 1.60 bits per heavy atom. The van der Waals surface area contributed by atoms with Gasteiger partial charge in [-0.15, -0.1) is 11.3 Å². The number of hydrogen-bond donors (Lipinski definition) is 3. The SMILES string of the molecule is C[C@H](CCO)NC(=O)NCc1coc(-c2cccs2)n1. The van der Waals surface area contributed by atoms with Gasteiger partial charge in [-0.3, -0.25) is 0 Å². The smallest absolute Gasteiger partial charge is 0.315 e. The summed E-state index contributed by atoms with van der Waals surface area (Å²) in [6.45, 7) is 2.18. The van der Waals surface area contributed by atoms with E-state index in [0.29, 0.717) is 24.6 Å². The minimum absolute atomic E-state index is 0.0505. The Hall–Kier alpha value is -1.86. The predicted octanol–water partition coefficient (Wildman–Crippen LogP) is 1.97. The summed E-state index contributed by atoms with van der Waals surface area (Å²) >= 11 is 1.55. The maximum absolute atomic E-state index is 11.6. The molecule has 0 aromatic carbocycles. The Morgan fingerprint density at radius 2 is 2.45 bits per heavy atom. The summed E-state index contributed by atoms with van der Waals surface area (Å²) in [5, 5.41) is 16.1. The van der Waals surface area contributed by atoms with Crippen LogP contribution in [-0.2, 0) is 6.54 Å². The van der Waals surface area contributed by atoms with Crippen molar-refractivity contribution >= 4 is 17.4 Å². The van der Waals surface area contributed by atoms with E-state index < -0.39 is 0 Å². The van der Waals surface area contributed by atoms with Crippen LogP contribution in [0.2, 0.25) is 0 Å². The maximum Gasteiger partial charge on any atom is 0.315 e. The van der Waals surface area contributed by atoms with Gasteiger partial charge in [0.1, 0.15) is 6.26 Å². The Kier molecular flexibility index (Phi) is 5.14. The largest absolute Gasteiger partial charge is 0.443 e. The second-order valence-corrected chi connectivity index (χ2v) is 5.31. The van der Waals surface area contributed by atoms with Crippen LogP contribution >= 0.6 is 11.3 Å². The molecule has 108 valence electrons. The first-order chi connectivity index (χ1) is 9.69. The number of thiophene rings is 1. The van der Waals surface area contributed by atoms with Gasteiger partial charge in [-0.25, -0.2) is 9.78 Å². The molecule has 6 nitrogen and oxygen atoms in total. The van der Waals surface area contributed by atoms with Gasteiger partial charge in [-0.1, -0.05) is 6.07 Å². The number of nitrogens with one attached hydrogen (secondary N) is 2. The highest BCUT2D eigenvalue weighted by molar-refractivity contribution is 7.13. The van der Waals surface area contributed by atoms with Gasteiger partial charge in [0.15, 0.2) is 0 Å². The van der Waals surface area contributed by atoms with Crippen molar-refractivity contribution in [1.82, 2.24) is 15.6 Å². The van der Waals surface area contributed by atoms with Crippen LogP contribution < -0.4 is 10.6 Å². The summed E-state index contributed by atoms with van der Waals surface area (Å²) in [6, 6.07) is 3.50. The summed E-state index contributed by atoms with van der Waals surface area (Å²) in [6.07, 6.45) is 2.06. The molecule has 7 heteroatoms. The van der Waals surface area contributed by atoms with Crippen molar-refractivity contribution in [2.45, 2.75) is 25.9 Å². The van der Waals surface area contributed by atoms with E-state index in [1.807, 2.05) is 24.4 Å². The molecular formula is C13H17N3O3S. The van der Waals surface area contributed by atoms with Crippen molar-refractivity contribution in [3.63, 3.8) is 0 Å². The van der Waals surface area contributed by atoms with Crippen LogP contribution in [0.1, 0.15) is 19.0 Å². The van der Waals surface area contributed by atoms with Gasteiger partial charge in [0.05, 0.1) is 17.1 Å². The fourth-order valence-corrected chi connectivity index (χ4v) is 2.27. The number of rotatable bonds is 6. The lowest BCUT2D eigenvalue weighted by Crippen LogP contribution is -2.40. The number of aliphatic hydroxyl groups is 1. The molecule has 0 radical (unpaired) electrons. The highest BCUT2D eigenvalue weighted by Gasteiger charge is 2.10. The number of amides is 2. The van der Waals surface area contributed by atoms with E-state index in [1.165, 1.54) is 6.26 Å². The lowest BCUT2D eigenvalue weighted by Gasteiger charge is -2.12. The molecule has 2 rings (SSSR count). The first-order valence-corrected chi connectivity index (χ1v) is 7.20. The number of nitrogens with zero attached hydrogens (tertiary/aromatic N) is 1. The average molecular weight is 295 g/mol. The lowest BCUT2D eigenvalue weighted by molar-refractivity contribution is 0.230.